The van der Waals surface area contributed by atoms with Gasteiger partial charge in [-0.3, -0.25) is 9.59 Å². The van der Waals surface area contributed by atoms with Gasteiger partial charge in [-0.1, -0.05) is 41.9 Å². The Labute approximate surface area is 166 Å². The fraction of sp³-hybridized carbons (Fsp3) is 0.250. The van der Waals surface area contributed by atoms with Gasteiger partial charge in [-0.2, -0.15) is 0 Å². The summed E-state index contributed by atoms with van der Waals surface area (Å²) in [5, 5.41) is 14.8. The summed E-state index contributed by atoms with van der Waals surface area (Å²) in [5.41, 5.74) is 1.19. The highest BCUT2D eigenvalue weighted by atomic mass is 35.5. The van der Waals surface area contributed by atoms with Gasteiger partial charge in [-0.25, -0.2) is 9.18 Å². The molecule has 0 aliphatic carbocycles. The summed E-state index contributed by atoms with van der Waals surface area (Å²) in [6.07, 6.45) is 0.0776. The molecule has 0 heterocycles. The number of carbonyl (C=O) groups excluding carboxylic acids is 2. The minimum absolute atomic E-state index is 0.00984. The Hall–Kier alpha value is -2.93. The van der Waals surface area contributed by atoms with Crippen molar-refractivity contribution in [3.05, 3.63) is 70.5 Å². The first-order valence-corrected chi connectivity index (χ1v) is 8.92. The highest BCUT2D eigenvalue weighted by Gasteiger charge is 2.27. The van der Waals surface area contributed by atoms with Gasteiger partial charge in [0.1, 0.15) is 17.9 Å². The van der Waals surface area contributed by atoms with Crippen molar-refractivity contribution in [2.24, 2.45) is 0 Å². The molecule has 0 bridgehead atoms. The van der Waals surface area contributed by atoms with Crippen LogP contribution in [-0.4, -0.2) is 35.0 Å². The van der Waals surface area contributed by atoms with Gasteiger partial charge in [0.25, 0.3) is 0 Å². The van der Waals surface area contributed by atoms with E-state index in [1.165, 1.54) is 31.2 Å². The van der Waals surface area contributed by atoms with Crippen LogP contribution in [-0.2, 0) is 27.2 Å². The van der Waals surface area contributed by atoms with Crippen molar-refractivity contribution in [3.63, 3.8) is 0 Å². The normalized spacial score (nSPS) is 12.7. The zero-order chi connectivity index (χ0) is 20.7. The maximum atomic E-state index is 13.1. The van der Waals surface area contributed by atoms with Gasteiger partial charge in [0.15, 0.2) is 0 Å². The van der Waals surface area contributed by atoms with Crippen molar-refractivity contribution >= 4 is 29.4 Å². The van der Waals surface area contributed by atoms with Crippen LogP contribution in [0.15, 0.2) is 48.5 Å². The van der Waals surface area contributed by atoms with Gasteiger partial charge in [0, 0.05) is 24.8 Å². The molecular weight excluding hydrogens is 387 g/mol. The van der Waals surface area contributed by atoms with E-state index in [4.69, 9.17) is 11.6 Å². The predicted octanol–water partition coefficient (Wildman–Crippen LogP) is 2.34. The van der Waals surface area contributed by atoms with E-state index in [1.54, 1.807) is 24.3 Å². The van der Waals surface area contributed by atoms with Gasteiger partial charge in [0.05, 0.1) is 0 Å². The van der Waals surface area contributed by atoms with Crippen LogP contribution in [0, 0.1) is 5.82 Å². The fourth-order valence-electron chi connectivity index (χ4n) is 2.67. The lowest BCUT2D eigenvalue weighted by molar-refractivity contribution is -0.142. The number of rotatable bonds is 8. The highest BCUT2D eigenvalue weighted by Crippen LogP contribution is 2.17. The first-order chi connectivity index (χ1) is 13.3. The number of aliphatic carboxylic acids is 1. The van der Waals surface area contributed by atoms with E-state index in [0.717, 1.165) is 0 Å². The van der Waals surface area contributed by atoms with E-state index in [-0.39, 0.29) is 12.8 Å². The van der Waals surface area contributed by atoms with Gasteiger partial charge in [-0.15, -0.1) is 0 Å². The first-order valence-electron chi connectivity index (χ1n) is 8.54. The molecule has 2 rings (SSSR count). The van der Waals surface area contributed by atoms with Gasteiger partial charge in [0.2, 0.25) is 11.8 Å². The van der Waals surface area contributed by atoms with Crippen molar-refractivity contribution in [2.45, 2.75) is 31.8 Å². The number of benzene rings is 2. The van der Waals surface area contributed by atoms with Crippen LogP contribution in [0.5, 0.6) is 0 Å². The number of amides is 2. The number of halogens is 2. The molecule has 2 atom stereocenters. The molecule has 0 aromatic heterocycles. The average Bonchev–Trinajstić information content (AvgIpc) is 2.63. The summed E-state index contributed by atoms with van der Waals surface area (Å²) < 4.78 is 13.1. The summed E-state index contributed by atoms with van der Waals surface area (Å²) in [4.78, 5) is 35.7. The number of hydrogen-bond donors (Lipinski definition) is 3. The minimum Gasteiger partial charge on any atom is -0.480 e. The van der Waals surface area contributed by atoms with Gasteiger partial charge >= 0.3 is 5.97 Å². The van der Waals surface area contributed by atoms with Crippen molar-refractivity contribution in [2.75, 3.05) is 0 Å². The van der Waals surface area contributed by atoms with Crippen molar-refractivity contribution in [1.29, 1.82) is 0 Å². The van der Waals surface area contributed by atoms with Crippen LogP contribution < -0.4 is 10.6 Å². The molecule has 148 valence electrons. The molecule has 8 heteroatoms. The molecule has 0 unspecified atom stereocenters. The summed E-state index contributed by atoms with van der Waals surface area (Å²) in [5.74, 6) is -2.74. The molecule has 28 heavy (non-hydrogen) atoms. The predicted molar refractivity (Wildman–Crippen MR) is 102 cm³/mol. The molecule has 0 fully saturated rings. The molecular formula is C20H20ClFN2O4. The lowest BCUT2D eigenvalue weighted by Crippen LogP contribution is -2.52. The second-order valence-electron chi connectivity index (χ2n) is 6.28. The molecule has 0 saturated heterocycles. The topological polar surface area (TPSA) is 95.5 Å². The molecule has 2 aromatic rings. The monoisotopic (exact) mass is 406 g/mol. The van der Waals surface area contributed by atoms with Gasteiger partial charge < -0.3 is 15.7 Å². The van der Waals surface area contributed by atoms with E-state index in [9.17, 15) is 23.9 Å². The third kappa shape index (κ3) is 6.35. The number of carboxylic acids is 1. The zero-order valence-corrected chi connectivity index (χ0v) is 15.9. The van der Waals surface area contributed by atoms with Crippen LogP contribution in [0.1, 0.15) is 18.1 Å². The van der Waals surface area contributed by atoms with Crippen LogP contribution in [0.25, 0.3) is 0 Å². The third-order valence-corrected chi connectivity index (χ3v) is 4.41. The van der Waals surface area contributed by atoms with E-state index in [2.05, 4.69) is 10.6 Å². The van der Waals surface area contributed by atoms with E-state index < -0.39 is 35.7 Å². The lowest BCUT2D eigenvalue weighted by Gasteiger charge is -2.21. The molecule has 3 N–H and O–H groups in total. The van der Waals surface area contributed by atoms with Gasteiger partial charge in [-0.05, 0) is 29.3 Å². The van der Waals surface area contributed by atoms with E-state index in [1.807, 2.05) is 0 Å². The maximum Gasteiger partial charge on any atom is 0.326 e. The average molecular weight is 407 g/mol. The molecule has 0 radical (unpaired) electrons. The van der Waals surface area contributed by atoms with Crippen molar-refractivity contribution in [1.82, 2.24) is 10.6 Å². The van der Waals surface area contributed by atoms with Crippen LogP contribution >= 0.6 is 11.6 Å². The quantitative estimate of drug-likeness (QED) is 0.627. The fourth-order valence-corrected chi connectivity index (χ4v) is 2.88. The number of carboxylic acid groups (broad SMARTS) is 1. The maximum absolute atomic E-state index is 13.1. The Morgan fingerprint density at radius 3 is 2.21 bits per heavy atom. The molecule has 0 spiro atoms. The molecule has 0 saturated carbocycles. The second-order valence-corrected chi connectivity index (χ2v) is 6.69. The van der Waals surface area contributed by atoms with Crippen LogP contribution in [0.2, 0.25) is 5.02 Å². The number of nitrogens with one attached hydrogen (secondary N) is 2. The first kappa shape index (κ1) is 21.4. The lowest BCUT2D eigenvalue weighted by atomic mass is 10.0. The summed E-state index contributed by atoms with van der Waals surface area (Å²) in [7, 11) is 0. The zero-order valence-electron chi connectivity index (χ0n) is 15.1. The molecule has 2 amide bonds. The summed E-state index contributed by atoms with van der Waals surface area (Å²) in [6.45, 7) is 1.25. The second kappa shape index (κ2) is 9.85. The Morgan fingerprint density at radius 1 is 1.00 bits per heavy atom. The molecule has 6 nitrogen and oxygen atoms in total. The standard InChI is InChI=1S/C20H20ClFN2O4/c1-12(25)23-17(10-13-6-8-15(22)9-7-13)19(26)24-18(20(27)28)11-14-4-2-3-5-16(14)21/h2-9,17-18H,10-11H2,1H3,(H,23,25)(H,24,26)(H,27,28)/t17-,18+/m1/s1. The molecule has 0 aliphatic heterocycles. The van der Waals surface area contributed by atoms with Crippen LogP contribution in [0.4, 0.5) is 4.39 Å². The Morgan fingerprint density at radius 2 is 1.64 bits per heavy atom. The van der Waals surface area contributed by atoms with Crippen LogP contribution in [0.3, 0.4) is 0 Å². The summed E-state index contributed by atoms with van der Waals surface area (Å²) in [6, 6.07) is 10.00. The smallest absolute Gasteiger partial charge is 0.326 e. The largest absolute Gasteiger partial charge is 0.480 e. The Kier molecular flexibility index (Phi) is 7.52. The molecule has 2 aromatic carbocycles. The highest BCUT2D eigenvalue weighted by molar-refractivity contribution is 6.31. The minimum atomic E-state index is -1.23. The van der Waals surface area contributed by atoms with Crippen molar-refractivity contribution in [3.8, 4) is 0 Å². The number of hydrogen-bond acceptors (Lipinski definition) is 3. The summed E-state index contributed by atoms with van der Waals surface area (Å²) >= 11 is 6.07. The van der Waals surface area contributed by atoms with Crippen molar-refractivity contribution < 1.29 is 23.9 Å². The SMILES string of the molecule is CC(=O)N[C@H](Cc1ccc(F)cc1)C(=O)N[C@@H](Cc1ccccc1Cl)C(=O)O. The molecule has 0 aliphatic rings. The Bertz CT molecular complexity index is 858. The third-order valence-electron chi connectivity index (χ3n) is 4.04. The van der Waals surface area contributed by atoms with E-state index in [0.29, 0.717) is 16.1 Å². The van der Waals surface area contributed by atoms with E-state index >= 15 is 0 Å². The number of carbonyl (C=O) groups is 3. The Balaban J connectivity index is 2.14.